The standard InChI is InChI=1S/C73H143NO5/c1-3-5-7-9-11-13-15-17-19-21-23-24-25-27-30-33-37-41-45-49-53-57-61-65-71(76)70(69-75)74-72(77)66-62-58-54-50-46-42-38-34-31-28-26-29-32-36-40-44-48-52-56-60-64-68-79-73(78)67-63-59-55-51-47-43-39-35-22-20-18-16-14-12-10-8-6-4-2/h61,65,70-71,75-76H,3-60,62-64,66-69H2,1-2H3,(H,74,77)/b65-61+. The summed E-state index contributed by atoms with van der Waals surface area (Å²) in [7, 11) is 0. The predicted molar refractivity (Wildman–Crippen MR) is 347 cm³/mol. The van der Waals surface area contributed by atoms with E-state index in [1.807, 2.05) is 6.08 Å². The zero-order valence-corrected chi connectivity index (χ0v) is 53.9. The lowest BCUT2D eigenvalue weighted by atomic mass is 10.0. The van der Waals surface area contributed by atoms with Crippen LogP contribution in [0.25, 0.3) is 0 Å². The van der Waals surface area contributed by atoms with Crippen LogP contribution in [0.1, 0.15) is 418 Å². The number of nitrogens with one attached hydrogen (secondary N) is 1. The van der Waals surface area contributed by atoms with E-state index in [1.54, 1.807) is 6.08 Å². The molecular weight excluding hydrogens is 971 g/mol. The van der Waals surface area contributed by atoms with Crippen LogP contribution in [0.2, 0.25) is 0 Å². The number of rotatable bonds is 69. The number of hydrogen-bond acceptors (Lipinski definition) is 5. The van der Waals surface area contributed by atoms with Gasteiger partial charge in [-0.15, -0.1) is 0 Å². The molecule has 0 fully saturated rings. The number of aliphatic hydroxyl groups excluding tert-OH is 2. The molecule has 2 atom stereocenters. The molecule has 0 aliphatic rings. The van der Waals surface area contributed by atoms with Gasteiger partial charge in [-0.2, -0.15) is 0 Å². The van der Waals surface area contributed by atoms with Gasteiger partial charge in [0.25, 0.3) is 0 Å². The monoisotopic (exact) mass is 1110 g/mol. The van der Waals surface area contributed by atoms with Gasteiger partial charge < -0.3 is 20.3 Å². The minimum absolute atomic E-state index is 0.0172. The summed E-state index contributed by atoms with van der Waals surface area (Å²) in [5.41, 5.74) is 0. The fourth-order valence-electron chi connectivity index (χ4n) is 11.8. The van der Waals surface area contributed by atoms with Gasteiger partial charge in [0.1, 0.15) is 0 Å². The maximum atomic E-state index is 12.5. The lowest BCUT2D eigenvalue weighted by Crippen LogP contribution is -2.45. The third-order valence-corrected chi connectivity index (χ3v) is 17.3. The van der Waals surface area contributed by atoms with Gasteiger partial charge in [0, 0.05) is 12.8 Å². The van der Waals surface area contributed by atoms with E-state index in [9.17, 15) is 19.8 Å². The normalized spacial score (nSPS) is 12.5. The van der Waals surface area contributed by atoms with E-state index in [2.05, 4.69) is 19.2 Å². The molecule has 79 heavy (non-hydrogen) atoms. The molecule has 0 rings (SSSR count). The van der Waals surface area contributed by atoms with E-state index >= 15 is 0 Å². The van der Waals surface area contributed by atoms with Gasteiger partial charge in [0.05, 0.1) is 25.4 Å². The van der Waals surface area contributed by atoms with Crippen molar-refractivity contribution < 1.29 is 24.5 Å². The van der Waals surface area contributed by atoms with Crippen LogP contribution < -0.4 is 5.32 Å². The molecule has 0 aromatic heterocycles. The molecule has 2 unspecified atom stereocenters. The molecule has 0 heterocycles. The summed E-state index contributed by atoms with van der Waals surface area (Å²) in [5.74, 6) is -0.0466. The van der Waals surface area contributed by atoms with Gasteiger partial charge in [-0.1, -0.05) is 386 Å². The first-order valence-corrected chi connectivity index (χ1v) is 36.5. The van der Waals surface area contributed by atoms with E-state index in [1.165, 1.54) is 353 Å². The molecule has 0 bridgehead atoms. The molecule has 0 aliphatic heterocycles. The number of esters is 1. The summed E-state index contributed by atoms with van der Waals surface area (Å²) in [6, 6.07) is -0.629. The zero-order valence-electron chi connectivity index (χ0n) is 53.9. The molecule has 0 aromatic rings. The average Bonchev–Trinajstić information content (AvgIpc) is 3.45. The Morgan fingerprint density at radius 1 is 0.342 bits per heavy atom. The smallest absolute Gasteiger partial charge is 0.305 e. The first kappa shape index (κ1) is 77.6. The molecule has 0 saturated carbocycles. The quantitative estimate of drug-likeness (QED) is 0.0320. The fourth-order valence-corrected chi connectivity index (χ4v) is 11.8. The van der Waals surface area contributed by atoms with Gasteiger partial charge >= 0.3 is 5.97 Å². The highest BCUT2D eigenvalue weighted by Gasteiger charge is 2.18. The maximum Gasteiger partial charge on any atom is 0.305 e. The fraction of sp³-hybridized carbons (Fsp3) is 0.945. The van der Waals surface area contributed by atoms with Gasteiger partial charge in [-0.25, -0.2) is 0 Å². The molecule has 470 valence electrons. The van der Waals surface area contributed by atoms with Crippen molar-refractivity contribution in [2.75, 3.05) is 13.2 Å². The predicted octanol–water partition coefficient (Wildman–Crippen LogP) is 23.5. The van der Waals surface area contributed by atoms with Crippen molar-refractivity contribution >= 4 is 11.9 Å². The third kappa shape index (κ3) is 65.6. The third-order valence-electron chi connectivity index (χ3n) is 17.3. The van der Waals surface area contributed by atoms with E-state index < -0.39 is 12.1 Å². The second-order valence-electron chi connectivity index (χ2n) is 25.3. The van der Waals surface area contributed by atoms with Crippen molar-refractivity contribution in [3.05, 3.63) is 12.2 Å². The van der Waals surface area contributed by atoms with E-state index in [0.29, 0.717) is 19.4 Å². The van der Waals surface area contributed by atoms with Crippen molar-refractivity contribution in [3.8, 4) is 0 Å². The van der Waals surface area contributed by atoms with Crippen LogP contribution in [0.4, 0.5) is 0 Å². The number of aliphatic hydroxyl groups is 2. The van der Waals surface area contributed by atoms with Crippen molar-refractivity contribution in [3.63, 3.8) is 0 Å². The largest absolute Gasteiger partial charge is 0.466 e. The highest BCUT2D eigenvalue weighted by Crippen LogP contribution is 2.19. The second-order valence-corrected chi connectivity index (χ2v) is 25.3. The average molecular weight is 1110 g/mol. The van der Waals surface area contributed by atoms with Crippen LogP contribution >= 0.6 is 0 Å². The number of ether oxygens (including phenoxy) is 1. The summed E-state index contributed by atoms with van der Waals surface area (Å²) in [6.45, 7) is 4.96. The number of carbonyl (C=O) groups excluding carboxylic acids is 2. The zero-order chi connectivity index (χ0) is 57.1. The molecule has 0 saturated heterocycles. The maximum absolute atomic E-state index is 12.5. The summed E-state index contributed by atoms with van der Waals surface area (Å²) >= 11 is 0. The molecule has 0 aliphatic carbocycles. The topological polar surface area (TPSA) is 95.9 Å². The second kappa shape index (κ2) is 69.1. The van der Waals surface area contributed by atoms with Crippen LogP contribution in [-0.4, -0.2) is 47.4 Å². The first-order chi connectivity index (χ1) is 39.0. The highest BCUT2D eigenvalue weighted by molar-refractivity contribution is 5.76. The Morgan fingerprint density at radius 2 is 0.582 bits per heavy atom. The number of carbonyl (C=O) groups is 2. The number of allylic oxidation sites excluding steroid dienone is 1. The Kier molecular flexibility index (Phi) is 67.9. The van der Waals surface area contributed by atoms with Crippen molar-refractivity contribution in [2.45, 2.75) is 431 Å². The summed E-state index contributed by atoms with van der Waals surface area (Å²) < 4.78 is 5.51. The van der Waals surface area contributed by atoms with Crippen molar-refractivity contribution in [1.82, 2.24) is 5.32 Å². The summed E-state index contributed by atoms with van der Waals surface area (Å²) in [4.78, 5) is 24.7. The van der Waals surface area contributed by atoms with E-state index in [-0.39, 0.29) is 18.5 Å². The van der Waals surface area contributed by atoms with Gasteiger partial charge in [-0.3, -0.25) is 9.59 Å². The molecule has 0 aromatic carbocycles. The Bertz CT molecular complexity index is 1190. The van der Waals surface area contributed by atoms with Gasteiger partial charge in [-0.05, 0) is 32.1 Å². The van der Waals surface area contributed by atoms with Crippen LogP contribution in [0.15, 0.2) is 12.2 Å². The van der Waals surface area contributed by atoms with Crippen molar-refractivity contribution in [1.29, 1.82) is 0 Å². The van der Waals surface area contributed by atoms with Crippen molar-refractivity contribution in [2.24, 2.45) is 0 Å². The number of hydrogen-bond donors (Lipinski definition) is 3. The Hall–Kier alpha value is -1.40. The number of unbranched alkanes of at least 4 members (excludes halogenated alkanes) is 58. The highest BCUT2D eigenvalue weighted by atomic mass is 16.5. The molecule has 3 N–H and O–H groups in total. The summed E-state index contributed by atoms with van der Waals surface area (Å²) in [6.07, 6.45) is 85.8. The SMILES string of the molecule is CCCCCCCCCCCCCCCCCCCCCCC/C=C/C(O)C(CO)NC(=O)CCCCCCCCCCCCCCCCCCCCCCCOC(=O)CCCCCCCCCCCCCCCCCCCC. The van der Waals surface area contributed by atoms with Crippen LogP contribution in [-0.2, 0) is 14.3 Å². The Labute approximate surface area is 495 Å². The molecule has 6 heteroatoms. The van der Waals surface area contributed by atoms with Crippen LogP contribution in [0.5, 0.6) is 0 Å². The molecule has 6 nitrogen and oxygen atoms in total. The minimum Gasteiger partial charge on any atom is -0.466 e. The molecule has 0 spiro atoms. The Balaban J connectivity index is 3.39. The van der Waals surface area contributed by atoms with E-state index in [0.717, 1.165) is 38.5 Å². The summed E-state index contributed by atoms with van der Waals surface area (Å²) in [5, 5.41) is 23.3. The van der Waals surface area contributed by atoms with Crippen LogP contribution in [0, 0.1) is 0 Å². The molecule has 1 amide bonds. The lowest BCUT2D eigenvalue weighted by Gasteiger charge is -2.20. The molecular formula is C73H143NO5. The van der Waals surface area contributed by atoms with Gasteiger partial charge in [0.2, 0.25) is 5.91 Å². The minimum atomic E-state index is -0.846. The van der Waals surface area contributed by atoms with Gasteiger partial charge in [0.15, 0.2) is 0 Å². The number of amides is 1. The Morgan fingerprint density at radius 3 is 0.861 bits per heavy atom. The molecule has 0 radical (unpaired) electrons. The first-order valence-electron chi connectivity index (χ1n) is 36.5. The van der Waals surface area contributed by atoms with Crippen LogP contribution in [0.3, 0.4) is 0 Å². The van der Waals surface area contributed by atoms with E-state index in [4.69, 9.17) is 4.74 Å². The lowest BCUT2D eigenvalue weighted by molar-refractivity contribution is -0.143.